The van der Waals surface area contributed by atoms with E-state index in [4.69, 9.17) is 5.10 Å². The zero-order valence-corrected chi connectivity index (χ0v) is 20.1. The number of hydrogen-bond donors (Lipinski definition) is 1. The van der Waals surface area contributed by atoms with Crippen LogP contribution in [0.3, 0.4) is 0 Å². The summed E-state index contributed by atoms with van der Waals surface area (Å²) >= 11 is 0. The number of pyridine rings is 1. The molecule has 0 bridgehead atoms. The first kappa shape index (κ1) is 22.5. The number of rotatable bonds is 5. The van der Waals surface area contributed by atoms with Gasteiger partial charge in [-0.3, -0.25) is 24.3 Å². The maximum absolute atomic E-state index is 12.7. The van der Waals surface area contributed by atoms with Gasteiger partial charge in [-0.05, 0) is 38.5 Å². The van der Waals surface area contributed by atoms with Gasteiger partial charge < -0.3 is 14.6 Å². The predicted molar refractivity (Wildman–Crippen MR) is 133 cm³/mol. The van der Waals surface area contributed by atoms with E-state index in [1.807, 2.05) is 12.3 Å². The molecule has 4 aromatic rings. The van der Waals surface area contributed by atoms with Gasteiger partial charge in [0.25, 0.3) is 5.56 Å². The van der Waals surface area contributed by atoms with E-state index in [2.05, 4.69) is 52.7 Å². The first-order valence-corrected chi connectivity index (χ1v) is 11.8. The molecular weight excluding hydrogens is 430 g/mol. The number of nitrogens with zero attached hydrogens (tertiary/aromatic N) is 7. The number of aliphatic hydroxyl groups is 1. The van der Waals surface area contributed by atoms with Crippen molar-refractivity contribution in [1.82, 2.24) is 29.2 Å². The molecule has 1 fully saturated rings. The van der Waals surface area contributed by atoms with Crippen molar-refractivity contribution in [2.24, 2.45) is 7.05 Å². The van der Waals surface area contributed by atoms with E-state index in [0.29, 0.717) is 6.54 Å². The zero-order valence-electron chi connectivity index (χ0n) is 20.1. The molecule has 1 aliphatic heterocycles. The second-order valence-electron chi connectivity index (χ2n) is 9.30. The normalized spacial score (nSPS) is 20.3. The molecule has 0 saturated carbocycles. The Kier molecular flexibility index (Phi) is 5.83. The fourth-order valence-electron chi connectivity index (χ4n) is 5.14. The van der Waals surface area contributed by atoms with E-state index < -0.39 is 0 Å². The van der Waals surface area contributed by atoms with Gasteiger partial charge >= 0.3 is 0 Å². The molecule has 0 radical (unpaired) electrons. The highest BCUT2D eigenvalue weighted by Crippen LogP contribution is 2.32. The second kappa shape index (κ2) is 8.81. The minimum absolute atomic E-state index is 0.00161. The summed E-state index contributed by atoms with van der Waals surface area (Å²) in [6, 6.07) is 8.69. The zero-order chi connectivity index (χ0) is 24.0. The first-order chi connectivity index (χ1) is 16.4. The lowest BCUT2D eigenvalue weighted by Gasteiger charge is -2.47. The summed E-state index contributed by atoms with van der Waals surface area (Å²) in [6.07, 6.45) is 5.29. The maximum atomic E-state index is 12.7. The summed E-state index contributed by atoms with van der Waals surface area (Å²) < 4.78 is 3.33. The van der Waals surface area contributed by atoms with Crippen LogP contribution in [0.4, 0.5) is 5.69 Å². The molecule has 1 saturated heterocycles. The number of hydrogen-bond acceptors (Lipinski definition) is 7. The Morgan fingerprint density at radius 2 is 1.85 bits per heavy atom. The van der Waals surface area contributed by atoms with Crippen LogP contribution in [0.5, 0.6) is 0 Å². The summed E-state index contributed by atoms with van der Waals surface area (Å²) in [7, 11) is 1.76. The third-order valence-corrected chi connectivity index (χ3v) is 7.08. The number of piperazine rings is 1. The van der Waals surface area contributed by atoms with E-state index in [-0.39, 0.29) is 30.3 Å². The Balaban J connectivity index is 1.45. The van der Waals surface area contributed by atoms with Gasteiger partial charge in [0.1, 0.15) is 5.52 Å². The summed E-state index contributed by atoms with van der Waals surface area (Å²) in [5, 5.41) is 14.0. The van der Waals surface area contributed by atoms with Crippen LogP contribution in [-0.4, -0.2) is 66.1 Å². The van der Waals surface area contributed by atoms with Crippen molar-refractivity contribution in [1.29, 1.82) is 0 Å². The average Bonchev–Trinajstić information content (AvgIpc) is 3.26. The number of benzene rings is 1. The number of fused-ring (bicyclic) bond motifs is 2. The fraction of sp³-hybridized carbons (Fsp3) is 0.440. The van der Waals surface area contributed by atoms with E-state index in [9.17, 15) is 9.90 Å². The molecule has 4 heterocycles. The molecule has 34 heavy (non-hydrogen) atoms. The molecule has 178 valence electrons. The molecule has 1 aromatic carbocycles. The van der Waals surface area contributed by atoms with Gasteiger partial charge in [0.15, 0.2) is 0 Å². The smallest absolute Gasteiger partial charge is 0.252 e. The van der Waals surface area contributed by atoms with Crippen molar-refractivity contribution in [3.8, 4) is 0 Å². The fourth-order valence-corrected chi connectivity index (χ4v) is 5.14. The molecule has 1 N–H and O–H groups in total. The lowest BCUT2D eigenvalue weighted by molar-refractivity contribution is 0.119. The number of aliphatic hydroxyl groups excluding tert-OH is 1. The number of anilines is 1. The van der Waals surface area contributed by atoms with E-state index in [1.165, 1.54) is 5.56 Å². The van der Waals surface area contributed by atoms with Crippen LogP contribution < -0.4 is 10.5 Å². The monoisotopic (exact) mass is 461 g/mol. The van der Waals surface area contributed by atoms with Crippen LogP contribution >= 0.6 is 0 Å². The van der Waals surface area contributed by atoms with E-state index in [1.54, 1.807) is 34.8 Å². The van der Waals surface area contributed by atoms with Crippen molar-refractivity contribution >= 4 is 27.8 Å². The van der Waals surface area contributed by atoms with Crippen LogP contribution in [0.2, 0.25) is 0 Å². The van der Waals surface area contributed by atoms with Crippen LogP contribution in [0.1, 0.15) is 32.4 Å². The highest BCUT2D eigenvalue weighted by Gasteiger charge is 2.34. The Bertz CT molecular complexity index is 1400. The standard InChI is InChI=1S/C25H31N7O2/c1-16-14-32(22-12-24(34)29(4)23-15-30(9-10-33)28-25(22)23)17(2)13-31(16)18(3)19-5-6-20-21(11-19)27-8-7-26-20/h5-8,11-12,15-18,33H,9-10,13-14H2,1-4H3/t16-,17+,18?/m1/s1. The Morgan fingerprint density at radius 3 is 2.62 bits per heavy atom. The molecule has 3 atom stereocenters. The summed E-state index contributed by atoms with van der Waals surface area (Å²) in [6.45, 7) is 8.72. The van der Waals surface area contributed by atoms with Crippen molar-refractivity contribution in [2.45, 2.75) is 45.4 Å². The predicted octanol–water partition coefficient (Wildman–Crippen LogP) is 2.33. The highest BCUT2D eigenvalue weighted by molar-refractivity contribution is 5.88. The van der Waals surface area contributed by atoms with Crippen molar-refractivity contribution in [3.63, 3.8) is 0 Å². The minimum atomic E-state index is -0.0565. The SMILES string of the molecule is CC(c1ccc2nccnc2c1)N1C[C@H](C)N(c2cc(=O)n(C)c3cn(CCO)nc23)C[C@H]1C. The highest BCUT2D eigenvalue weighted by atomic mass is 16.3. The Hall–Kier alpha value is -3.30. The third kappa shape index (κ3) is 3.84. The van der Waals surface area contributed by atoms with Crippen LogP contribution in [0, 0.1) is 0 Å². The summed E-state index contributed by atoms with van der Waals surface area (Å²) in [4.78, 5) is 26.4. The molecule has 1 unspecified atom stereocenters. The van der Waals surface area contributed by atoms with Crippen LogP contribution in [0.25, 0.3) is 22.1 Å². The van der Waals surface area contributed by atoms with Gasteiger partial charge in [0.05, 0.1) is 35.4 Å². The van der Waals surface area contributed by atoms with Crippen molar-refractivity contribution in [3.05, 3.63) is 58.8 Å². The van der Waals surface area contributed by atoms with Crippen molar-refractivity contribution in [2.75, 3.05) is 24.6 Å². The van der Waals surface area contributed by atoms with E-state index in [0.717, 1.165) is 40.8 Å². The van der Waals surface area contributed by atoms with Gasteiger partial charge in [0, 0.05) is 62.9 Å². The summed E-state index contributed by atoms with van der Waals surface area (Å²) in [5.74, 6) is 0. The van der Waals surface area contributed by atoms with Gasteiger partial charge in [-0.1, -0.05) is 6.07 Å². The molecule has 1 aliphatic rings. The average molecular weight is 462 g/mol. The minimum Gasteiger partial charge on any atom is -0.394 e. The largest absolute Gasteiger partial charge is 0.394 e. The quantitative estimate of drug-likeness (QED) is 0.488. The molecule has 0 aliphatic carbocycles. The molecule has 0 spiro atoms. The lowest BCUT2D eigenvalue weighted by atomic mass is 10.00. The van der Waals surface area contributed by atoms with Gasteiger partial charge in [-0.15, -0.1) is 0 Å². The third-order valence-electron chi connectivity index (χ3n) is 7.08. The molecular formula is C25H31N7O2. The Morgan fingerprint density at radius 1 is 1.09 bits per heavy atom. The molecule has 3 aromatic heterocycles. The second-order valence-corrected chi connectivity index (χ2v) is 9.30. The number of aryl methyl sites for hydroxylation is 1. The lowest BCUT2D eigenvalue weighted by Crippen LogP contribution is -2.57. The first-order valence-electron chi connectivity index (χ1n) is 11.8. The molecule has 0 amide bonds. The number of aromatic nitrogens is 5. The van der Waals surface area contributed by atoms with E-state index >= 15 is 0 Å². The van der Waals surface area contributed by atoms with Gasteiger partial charge in [0.2, 0.25) is 0 Å². The Labute approximate surface area is 198 Å². The molecule has 9 heteroatoms. The van der Waals surface area contributed by atoms with Gasteiger partial charge in [-0.2, -0.15) is 5.10 Å². The molecule has 9 nitrogen and oxygen atoms in total. The van der Waals surface area contributed by atoms with Crippen LogP contribution in [0.15, 0.2) is 47.7 Å². The van der Waals surface area contributed by atoms with Gasteiger partial charge in [-0.25, -0.2) is 0 Å². The van der Waals surface area contributed by atoms with Crippen LogP contribution in [-0.2, 0) is 13.6 Å². The summed E-state index contributed by atoms with van der Waals surface area (Å²) in [5.41, 5.74) is 5.42. The topological polar surface area (TPSA) is 92.3 Å². The van der Waals surface area contributed by atoms with Crippen molar-refractivity contribution < 1.29 is 5.11 Å². The molecule has 5 rings (SSSR count). The maximum Gasteiger partial charge on any atom is 0.252 e.